The van der Waals surface area contributed by atoms with E-state index in [0.29, 0.717) is 16.5 Å². The summed E-state index contributed by atoms with van der Waals surface area (Å²) in [6.07, 6.45) is 0.443. The maximum Gasteiger partial charge on any atom is 0.387 e. The zero-order valence-electron chi connectivity index (χ0n) is 10.9. The molecule has 1 atom stereocenters. The summed E-state index contributed by atoms with van der Waals surface area (Å²) in [4.78, 5) is 0. The van der Waals surface area contributed by atoms with Crippen molar-refractivity contribution in [3.8, 4) is 5.75 Å². The van der Waals surface area contributed by atoms with Crippen LogP contribution in [0.3, 0.4) is 0 Å². The molecule has 0 aliphatic carbocycles. The molecular weight excluding hydrogens is 347 g/mol. The van der Waals surface area contributed by atoms with Crippen LogP contribution in [0.25, 0.3) is 0 Å². The van der Waals surface area contributed by atoms with Gasteiger partial charge < -0.3 is 10.5 Å². The summed E-state index contributed by atoms with van der Waals surface area (Å²) >= 11 is 3.28. The van der Waals surface area contributed by atoms with Crippen molar-refractivity contribution in [1.29, 1.82) is 0 Å². The maximum atomic E-state index is 13.0. The van der Waals surface area contributed by atoms with E-state index in [2.05, 4.69) is 20.7 Å². The van der Waals surface area contributed by atoms with Crippen molar-refractivity contribution < 1.29 is 17.9 Å². The molecule has 2 rings (SSSR count). The number of halogens is 4. The summed E-state index contributed by atoms with van der Waals surface area (Å²) in [5.74, 6) is -0.275. The summed E-state index contributed by atoms with van der Waals surface area (Å²) in [6.45, 7) is -2.87. The molecule has 0 aromatic heterocycles. The largest absolute Gasteiger partial charge is 0.435 e. The van der Waals surface area contributed by atoms with Gasteiger partial charge in [0.05, 0.1) is 0 Å². The van der Waals surface area contributed by atoms with Gasteiger partial charge in [-0.1, -0.05) is 34.1 Å². The van der Waals surface area contributed by atoms with E-state index in [1.54, 1.807) is 18.2 Å². The molecule has 2 N–H and O–H groups in total. The normalized spacial score (nSPS) is 12.5. The van der Waals surface area contributed by atoms with Gasteiger partial charge in [-0.15, -0.1) is 0 Å². The highest BCUT2D eigenvalue weighted by molar-refractivity contribution is 9.10. The van der Waals surface area contributed by atoms with Crippen molar-refractivity contribution in [3.05, 3.63) is 63.9 Å². The Bertz CT molecular complexity index is 622. The number of alkyl halides is 2. The summed E-state index contributed by atoms with van der Waals surface area (Å²) in [6, 6.07) is 10.2. The predicted octanol–water partition coefficient (Wildman–Crippen LogP) is 4.43. The third kappa shape index (κ3) is 4.47. The van der Waals surface area contributed by atoms with Crippen molar-refractivity contribution in [1.82, 2.24) is 0 Å². The molecule has 2 nitrogen and oxygen atoms in total. The Morgan fingerprint density at radius 2 is 1.90 bits per heavy atom. The summed E-state index contributed by atoms with van der Waals surface area (Å²) in [5, 5.41) is 0. The topological polar surface area (TPSA) is 35.2 Å². The number of benzene rings is 2. The van der Waals surface area contributed by atoms with Crippen LogP contribution < -0.4 is 10.5 Å². The van der Waals surface area contributed by atoms with E-state index in [1.165, 1.54) is 24.3 Å². The average molecular weight is 360 g/mol. The van der Waals surface area contributed by atoms with Crippen LogP contribution in [0.15, 0.2) is 46.9 Å². The highest BCUT2D eigenvalue weighted by Gasteiger charge is 2.12. The van der Waals surface area contributed by atoms with Gasteiger partial charge in [-0.3, -0.25) is 0 Å². The molecule has 0 fully saturated rings. The van der Waals surface area contributed by atoms with Crippen molar-refractivity contribution in [2.75, 3.05) is 0 Å². The zero-order chi connectivity index (χ0) is 15.4. The second-order valence-corrected chi connectivity index (χ2v) is 5.35. The first-order valence-corrected chi connectivity index (χ1v) is 6.99. The fourth-order valence-corrected chi connectivity index (χ4v) is 2.48. The van der Waals surface area contributed by atoms with E-state index < -0.39 is 12.7 Å². The van der Waals surface area contributed by atoms with Crippen LogP contribution in [0.5, 0.6) is 5.75 Å². The first-order valence-electron chi connectivity index (χ1n) is 6.20. The minimum absolute atomic E-state index is 0.0659. The molecule has 112 valence electrons. The molecule has 0 aliphatic rings. The molecule has 0 aliphatic heterocycles. The van der Waals surface area contributed by atoms with Gasteiger partial charge in [0.15, 0.2) is 0 Å². The van der Waals surface area contributed by atoms with E-state index in [-0.39, 0.29) is 11.6 Å². The monoisotopic (exact) mass is 359 g/mol. The van der Waals surface area contributed by atoms with Gasteiger partial charge in [0.25, 0.3) is 0 Å². The Morgan fingerprint density at radius 3 is 2.57 bits per heavy atom. The van der Waals surface area contributed by atoms with E-state index in [4.69, 9.17) is 5.73 Å². The van der Waals surface area contributed by atoms with E-state index in [9.17, 15) is 13.2 Å². The van der Waals surface area contributed by atoms with E-state index in [1.807, 2.05) is 0 Å². The molecular formula is C15H13BrF3NO. The number of hydrogen-bond acceptors (Lipinski definition) is 2. The Hall–Kier alpha value is -1.53. The number of ether oxygens (including phenoxy) is 1. The van der Waals surface area contributed by atoms with Gasteiger partial charge >= 0.3 is 6.61 Å². The SMILES string of the molecule is NC(Cc1ccc(F)cc1Br)c1cccc(OC(F)F)c1. The van der Waals surface area contributed by atoms with E-state index >= 15 is 0 Å². The average Bonchev–Trinajstić information content (AvgIpc) is 2.41. The quantitative estimate of drug-likeness (QED) is 0.856. The molecule has 2 aromatic rings. The molecule has 0 saturated heterocycles. The molecule has 0 amide bonds. The first-order chi connectivity index (χ1) is 9.95. The molecule has 0 spiro atoms. The van der Waals surface area contributed by atoms with Crippen LogP contribution in [0.1, 0.15) is 17.2 Å². The predicted molar refractivity (Wildman–Crippen MR) is 77.8 cm³/mol. The second-order valence-electron chi connectivity index (χ2n) is 4.50. The molecule has 2 aromatic carbocycles. The van der Waals surface area contributed by atoms with Crippen LogP contribution in [0.4, 0.5) is 13.2 Å². The lowest BCUT2D eigenvalue weighted by atomic mass is 9.99. The van der Waals surface area contributed by atoms with Crippen LogP contribution in [-0.2, 0) is 6.42 Å². The molecule has 0 heterocycles. The molecule has 6 heteroatoms. The third-order valence-electron chi connectivity index (χ3n) is 2.97. The van der Waals surface area contributed by atoms with Gasteiger partial charge in [0, 0.05) is 10.5 Å². The smallest absolute Gasteiger partial charge is 0.387 e. The molecule has 0 radical (unpaired) electrons. The van der Waals surface area contributed by atoms with Gasteiger partial charge in [0.1, 0.15) is 11.6 Å². The molecule has 0 bridgehead atoms. The number of hydrogen-bond donors (Lipinski definition) is 1. The van der Waals surface area contributed by atoms with Crippen LogP contribution in [-0.4, -0.2) is 6.61 Å². The Labute approximate surface area is 128 Å². The third-order valence-corrected chi connectivity index (χ3v) is 3.70. The Kier molecular flexibility index (Phi) is 5.25. The van der Waals surface area contributed by atoms with Gasteiger partial charge in [-0.05, 0) is 41.8 Å². The lowest BCUT2D eigenvalue weighted by Gasteiger charge is -2.15. The van der Waals surface area contributed by atoms with Gasteiger partial charge in [-0.25, -0.2) is 4.39 Å². The summed E-state index contributed by atoms with van der Waals surface area (Å²) < 4.78 is 42.4. The van der Waals surface area contributed by atoms with Gasteiger partial charge in [-0.2, -0.15) is 8.78 Å². The highest BCUT2D eigenvalue weighted by atomic mass is 79.9. The molecule has 1 unspecified atom stereocenters. The molecule has 0 saturated carbocycles. The fourth-order valence-electron chi connectivity index (χ4n) is 1.96. The summed E-state index contributed by atoms with van der Waals surface area (Å²) in [5.41, 5.74) is 7.58. The van der Waals surface area contributed by atoms with Crippen molar-refractivity contribution >= 4 is 15.9 Å². The van der Waals surface area contributed by atoms with E-state index in [0.717, 1.165) is 5.56 Å². The Morgan fingerprint density at radius 1 is 1.14 bits per heavy atom. The Balaban J connectivity index is 2.14. The van der Waals surface area contributed by atoms with Gasteiger partial charge in [0.2, 0.25) is 0 Å². The van der Waals surface area contributed by atoms with Crippen molar-refractivity contribution in [3.63, 3.8) is 0 Å². The number of rotatable bonds is 5. The molecule has 21 heavy (non-hydrogen) atoms. The minimum atomic E-state index is -2.87. The lowest BCUT2D eigenvalue weighted by molar-refractivity contribution is -0.0499. The first kappa shape index (κ1) is 15.9. The van der Waals surface area contributed by atoms with Crippen LogP contribution in [0.2, 0.25) is 0 Å². The fraction of sp³-hybridized carbons (Fsp3) is 0.200. The lowest BCUT2D eigenvalue weighted by Crippen LogP contribution is -2.14. The highest BCUT2D eigenvalue weighted by Crippen LogP contribution is 2.25. The standard InChI is InChI=1S/C15H13BrF3NO/c16-13-8-11(17)5-4-9(13)7-14(20)10-2-1-3-12(6-10)21-15(18)19/h1-6,8,14-15H,7,20H2. The van der Waals surface area contributed by atoms with Crippen molar-refractivity contribution in [2.45, 2.75) is 19.1 Å². The van der Waals surface area contributed by atoms with Crippen molar-refractivity contribution in [2.24, 2.45) is 5.73 Å². The minimum Gasteiger partial charge on any atom is -0.435 e. The number of nitrogens with two attached hydrogens (primary N) is 1. The summed E-state index contributed by atoms with van der Waals surface area (Å²) in [7, 11) is 0. The van der Waals surface area contributed by atoms with Crippen LogP contribution >= 0.6 is 15.9 Å². The zero-order valence-corrected chi connectivity index (χ0v) is 12.5. The second kappa shape index (κ2) is 6.95. The maximum absolute atomic E-state index is 13.0. The van der Waals surface area contributed by atoms with Crippen LogP contribution in [0, 0.1) is 5.82 Å².